The summed E-state index contributed by atoms with van der Waals surface area (Å²) in [5.74, 6) is 1.32. The van der Waals surface area contributed by atoms with E-state index in [-0.39, 0.29) is 17.6 Å². The summed E-state index contributed by atoms with van der Waals surface area (Å²) in [5, 5.41) is 19.4. The van der Waals surface area contributed by atoms with Crippen LogP contribution in [0.1, 0.15) is 16.7 Å². The lowest BCUT2D eigenvalue weighted by Crippen LogP contribution is -2.12. The molecule has 12 heteroatoms. The van der Waals surface area contributed by atoms with Crippen LogP contribution in [0.15, 0.2) is 53.3 Å². The molecule has 2 aromatic carbocycles. The van der Waals surface area contributed by atoms with Crippen LogP contribution < -0.4 is 32.1 Å². The van der Waals surface area contributed by atoms with Gasteiger partial charge in [-0.05, 0) is 28.8 Å². The highest BCUT2D eigenvalue weighted by Crippen LogP contribution is 2.22. The van der Waals surface area contributed by atoms with Gasteiger partial charge in [0.25, 0.3) is 0 Å². The van der Waals surface area contributed by atoms with Crippen LogP contribution in [-0.4, -0.2) is 36.7 Å². The molecule has 0 aliphatic carbocycles. The molecular formula is C23H27N9O3. The number of aromatic amines is 1. The van der Waals surface area contributed by atoms with Gasteiger partial charge in [0.15, 0.2) is 5.82 Å². The first-order valence-corrected chi connectivity index (χ1v) is 10.8. The fourth-order valence-corrected chi connectivity index (χ4v) is 3.20. The highest BCUT2D eigenvalue weighted by molar-refractivity contribution is 5.56. The van der Waals surface area contributed by atoms with Crippen molar-refractivity contribution in [3.8, 4) is 11.6 Å². The lowest BCUT2D eigenvalue weighted by Gasteiger charge is -2.11. The number of rotatable bonds is 10. The van der Waals surface area contributed by atoms with Gasteiger partial charge in [-0.1, -0.05) is 36.4 Å². The number of ether oxygens (including phenoxy) is 1. The van der Waals surface area contributed by atoms with Gasteiger partial charge in [-0.2, -0.15) is 15.0 Å². The van der Waals surface area contributed by atoms with E-state index in [2.05, 4.69) is 35.9 Å². The van der Waals surface area contributed by atoms with Gasteiger partial charge in [0, 0.05) is 26.7 Å². The minimum Gasteiger partial charge on any atom is -0.497 e. The summed E-state index contributed by atoms with van der Waals surface area (Å²) in [6.07, 6.45) is 0. The molecular weight excluding hydrogens is 450 g/mol. The van der Waals surface area contributed by atoms with Crippen molar-refractivity contribution in [2.24, 2.45) is 12.8 Å². The topological polar surface area (TPSA) is 168 Å². The van der Waals surface area contributed by atoms with Gasteiger partial charge >= 0.3 is 5.69 Å². The number of hydrogen-bond acceptors (Lipinski definition) is 10. The molecule has 0 fully saturated rings. The van der Waals surface area contributed by atoms with E-state index in [4.69, 9.17) is 10.5 Å². The van der Waals surface area contributed by atoms with E-state index in [0.717, 1.165) is 27.0 Å². The quantitative estimate of drug-likeness (QED) is 0.199. The number of anilines is 4. The summed E-state index contributed by atoms with van der Waals surface area (Å²) < 4.78 is 6.26. The van der Waals surface area contributed by atoms with Crippen molar-refractivity contribution in [1.82, 2.24) is 24.5 Å². The predicted octanol–water partition coefficient (Wildman–Crippen LogP) is 2.04. The van der Waals surface area contributed by atoms with E-state index >= 15 is 0 Å². The molecule has 4 aromatic rings. The third-order valence-corrected chi connectivity index (χ3v) is 5.27. The zero-order valence-electron chi connectivity index (χ0n) is 19.4. The Morgan fingerprint density at radius 3 is 1.91 bits per heavy atom. The Kier molecular flexibility index (Phi) is 7.12. The SMILES string of the molecule is COc1ccc(CNc2nc(NCc3ccc(CN)cc3)nc(Nc3[nH]c(=O)n(C)c3O)n2)cc1. The molecule has 0 aliphatic heterocycles. The molecule has 2 aromatic heterocycles. The Morgan fingerprint density at radius 1 is 0.914 bits per heavy atom. The maximum Gasteiger partial charge on any atom is 0.329 e. The number of aromatic hydroxyl groups is 1. The molecule has 0 radical (unpaired) electrons. The normalized spacial score (nSPS) is 10.7. The minimum absolute atomic E-state index is 0.0770. The number of nitrogens with two attached hydrogens (primary N) is 1. The van der Waals surface area contributed by atoms with Crippen molar-refractivity contribution in [2.75, 3.05) is 23.1 Å². The second-order valence-corrected chi connectivity index (χ2v) is 7.69. The molecule has 0 saturated heterocycles. The van der Waals surface area contributed by atoms with E-state index in [9.17, 15) is 9.90 Å². The van der Waals surface area contributed by atoms with Crippen LogP contribution in [0.2, 0.25) is 0 Å². The van der Waals surface area contributed by atoms with E-state index < -0.39 is 5.69 Å². The lowest BCUT2D eigenvalue weighted by molar-refractivity contribution is 0.414. The van der Waals surface area contributed by atoms with Crippen molar-refractivity contribution < 1.29 is 9.84 Å². The highest BCUT2D eigenvalue weighted by atomic mass is 16.5. The van der Waals surface area contributed by atoms with E-state index in [1.165, 1.54) is 7.05 Å². The molecule has 0 aliphatic rings. The standard InChI is InChI=1S/C23H27N9O3/c1-32-19(33)18(28-23(32)34)27-22-30-20(25-12-15-5-3-14(11-24)4-6-15)29-21(31-22)26-13-16-7-9-17(35-2)10-8-16/h3-10,33H,11-13,24H2,1-2H3,(H,28,34)(H3,25,26,27,29,30,31). The number of aromatic nitrogens is 5. The zero-order chi connectivity index (χ0) is 24.8. The van der Waals surface area contributed by atoms with Crippen LogP contribution in [0.3, 0.4) is 0 Å². The van der Waals surface area contributed by atoms with Gasteiger partial charge in [-0.3, -0.25) is 9.55 Å². The number of imidazole rings is 1. The van der Waals surface area contributed by atoms with Crippen molar-refractivity contribution in [2.45, 2.75) is 19.6 Å². The molecule has 4 rings (SSSR count). The number of nitrogens with one attached hydrogen (secondary N) is 4. The number of hydrogen-bond donors (Lipinski definition) is 6. The Labute approximate surface area is 201 Å². The fourth-order valence-electron chi connectivity index (χ4n) is 3.20. The average molecular weight is 478 g/mol. The van der Waals surface area contributed by atoms with Crippen LogP contribution in [0.4, 0.5) is 23.7 Å². The third kappa shape index (κ3) is 5.86. The summed E-state index contributed by atoms with van der Waals surface area (Å²) >= 11 is 0. The summed E-state index contributed by atoms with van der Waals surface area (Å²) in [7, 11) is 3.06. The maximum absolute atomic E-state index is 11.8. The largest absolute Gasteiger partial charge is 0.497 e. The third-order valence-electron chi connectivity index (χ3n) is 5.27. The van der Waals surface area contributed by atoms with Crippen LogP contribution in [0, 0.1) is 0 Å². The highest BCUT2D eigenvalue weighted by Gasteiger charge is 2.13. The second kappa shape index (κ2) is 10.6. The Balaban J connectivity index is 1.54. The van der Waals surface area contributed by atoms with Crippen molar-refractivity contribution in [1.29, 1.82) is 0 Å². The zero-order valence-corrected chi connectivity index (χ0v) is 19.4. The van der Waals surface area contributed by atoms with Crippen LogP contribution in [-0.2, 0) is 26.7 Å². The molecule has 0 saturated carbocycles. The molecule has 0 bridgehead atoms. The van der Waals surface area contributed by atoms with Gasteiger partial charge in [-0.15, -0.1) is 0 Å². The molecule has 12 nitrogen and oxygen atoms in total. The van der Waals surface area contributed by atoms with Gasteiger partial charge in [0.2, 0.25) is 23.7 Å². The first kappa shape index (κ1) is 23.6. The minimum atomic E-state index is -0.476. The summed E-state index contributed by atoms with van der Waals surface area (Å²) in [6.45, 7) is 1.41. The van der Waals surface area contributed by atoms with Gasteiger partial charge in [0.1, 0.15) is 5.75 Å². The molecule has 0 spiro atoms. The van der Waals surface area contributed by atoms with E-state index in [1.54, 1.807) is 7.11 Å². The molecule has 0 atom stereocenters. The van der Waals surface area contributed by atoms with Gasteiger partial charge < -0.3 is 31.5 Å². The summed E-state index contributed by atoms with van der Waals surface area (Å²) in [4.78, 5) is 27.5. The first-order chi connectivity index (χ1) is 16.9. The Hall–Kier alpha value is -4.58. The molecule has 7 N–H and O–H groups in total. The molecule has 0 amide bonds. The van der Waals surface area contributed by atoms with Gasteiger partial charge in [0.05, 0.1) is 7.11 Å². The number of benzene rings is 2. The second-order valence-electron chi connectivity index (χ2n) is 7.69. The molecule has 0 unspecified atom stereocenters. The molecule has 182 valence electrons. The Morgan fingerprint density at radius 2 is 1.43 bits per heavy atom. The van der Waals surface area contributed by atoms with Crippen molar-refractivity contribution in [3.05, 3.63) is 75.7 Å². The molecule has 35 heavy (non-hydrogen) atoms. The summed E-state index contributed by atoms with van der Waals surface area (Å²) in [5.41, 5.74) is 8.25. The molecule has 2 heterocycles. The van der Waals surface area contributed by atoms with E-state index in [1.807, 2.05) is 48.5 Å². The smallest absolute Gasteiger partial charge is 0.329 e. The first-order valence-electron chi connectivity index (χ1n) is 10.8. The number of nitrogens with zero attached hydrogens (tertiary/aromatic N) is 4. The van der Waals surface area contributed by atoms with Crippen LogP contribution >= 0.6 is 0 Å². The lowest BCUT2D eigenvalue weighted by atomic mass is 10.1. The fraction of sp³-hybridized carbons (Fsp3) is 0.217. The maximum atomic E-state index is 11.8. The Bertz CT molecular complexity index is 1260. The monoisotopic (exact) mass is 477 g/mol. The van der Waals surface area contributed by atoms with E-state index in [0.29, 0.717) is 31.5 Å². The number of H-pyrrole nitrogens is 1. The summed E-state index contributed by atoms with van der Waals surface area (Å²) in [6, 6.07) is 15.5. The van der Waals surface area contributed by atoms with Crippen molar-refractivity contribution >= 4 is 23.7 Å². The predicted molar refractivity (Wildman–Crippen MR) is 133 cm³/mol. The number of methoxy groups -OCH3 is 1. The van der Waals surface area contributed by atoms with Crippen molar-refractivity contribution in [3.63, 3.8) is 0 Å². The average Bonchev–Trinajstić information content (AvgIpc) is 3.13. The van der Waals surface area contributed by atoms with Gasteiger partial charge in [-0.25, -0.2) is 4.79 Å². The van der Waals surface area contributed by atoms with Crippen LogP contribution in [0.25, 0.3) is 0 Å². The van der Waals surface area contributed by atoms with Crippen LogP contribution in [0.5, 0.6) is 11.6 Å².